The van der Waals surface area contributed by atoms with Crippen LogP contribution >= 0.6 is 0 Å². The van der Waals surface area contributed by atoms with E-state index >= 15 is 0 Å². The summed E-state index contributed by atoms with van der Waals surface area (Å²) >= 11 is 0. The highest BCUT2D eigenvalue weighted by atomic mass is 16.3. The lowest BCUT2D eigenvalue weighted by Crippen LogP contribution is -2.00. The topological polar surface area (TPSA) is 58.3 Å². The molecule has 4 heteroatoms. The van der Waals surface area contributed by atoms with Crippen LogP contribution in [0.4, 0.5) is 0 Å². The van der Waals surface area contributed by atoms with Gasteiger partial charge in [-0.3, -0.25) is 0 Å². The Balaban J connectivity index is 1.73. The molecule has 2 N–H and O–H groups in total. The molecule has 0 spiro atoms. The molecule has 0 saturated heterocycles. The number of phenols is 2. The molecule has 0 saturated carbocycles. The van der Waals surface area contributed by atoms with Gasteiger partial charge in [-0.1, -0.05) is 76.1 Å². The van der Waals surface area contributed by atoms with Crippen LogP contribution < -0.4 is 0 Å². The summed E-state index contributed by atoms with van der Waals surface area (Å²) in [7, 11) is 0. The van der Waals surface area contributed by atoms with Crippen molar-refractivity contribution in [3.8, 4) is 34.1 Å². The van der Waals surface area contributed by atoms with E-state index in [1.807, 2.05) is 36.5 Å². The maximum Gasteiger partial charge on any atom is 0.144 e. The molecule has 3 rings (SSSR count). The first-order chi connectivity index (χ1) is 14.2. The molecule has 0 amide bonds. The summed E-state index contributed by atoms with van der Waals surface area (Å²) in [6, 6.07) is 14.5. The fraction of sp³-hybridized carbons (Fsp3) is 0.400. The summed E-state index contributed by atoms with van der Waals surface area (Å²) in [5.74, 6) is 1.18. The molecule has 0 radical (unpaired) electrons. The molecular formula is C25H32N2O2. The molecule has 4 nitrogen and oxygen atoms in total. The molecule has 0 aliphatic carbocycles. The van der Waals surface area contributed by atoms with Gasteiger partial charge in [0.25, 0.3) is 0 Å². The van der Waals surface area contributed by atoms with E-state index in [4.69, 9.17) is 4.98 Å². The van der Waals surface area contributed by atoms with Gasteiger partial charge in [0.15, 0.2) is 0 Å². The number of benzene rings is 2. The van der Waals surface area contributed by atoms with Crippen molar-refractivity contribution < 1.29 is 10.2 Å². The van der Waals surface area contributed by atoms with Crippen molar-refractivity contribution in [2.45, 2.75) is 64.8 Å². The van der Waals surface area contributed by atoms with E-state index in [9.17, 15) is 10.2 Å². The zero-order valence-corrected chi connectivity index (χ0v) is 17.3. The van der Waals surface area contributed by atoms with Gasteiger partial charge in [0.2, 0.25) is 0 Å². The van der Waals surface area contributed by atoms with E-state index in [1.165, 1.54) is 44.9 Å². The quantitative estimate of drug-likeness (QED) is 0.354. The van der Waals surface area contributed by atoms with Crippen molar-refractivity contribution >= 4 is 0 Å². The normalized spacial score (nSPS) is 11.1. The Morgan fingerprint density at radius 3 is 1.90 bits per heavy atom. The van der Waals surface area contributed by atoms with Crippen LogP contribution in [0.1, 0.15) is 58.3 Å². The lowest BCUT2D eigenvalue weighted by Gasteiger charge is -2.09. The van der Waals surface area contributed by atoms with Crippen LogP contribution in [0, 0.1) is 0 Å². The second kappa shape index (κ2) is 10.7. The Hall–Kier alpha value is -2.75. The number of aromatic nitrogens is 2. The fourth-order valence-electron chi connectivity index (χ4n) is 3.70. The summed E-state index contributed by atoms with van der Waals surface area (Å²) in [6.07, 6.45) is 12.1. The Morgan fingerprint density at radius 1 is 0.724 bits per heavy atom. The number of hydrogen-bond acceptors (Lipinski definition) is 3. The smallest absolute Gasteiger partial charge is 0.144 e. The maximum absolute atomic E-state index is 10.3. The zero-order valence-electron chi connectivity index (χ0n) is 17.3. The van der Waals surface area contributed by atoms with Crippen LogP contribution in [-0.2, 0) is 6.54 Å². The first-order valence-corrected chi connectivity index (χ1v) is 10.8. The van der Waals surface area contributed by atoms with E-state index in [1.54, 1.807) is 18.2 Å². The second-order valence-corrected chi connectivity index (χ2v) is 7.65. The predicted octanol–water partition coefficient (Wildman–Crippen LogP) is 6.77. The molecule has 3 aromatic rings. The number of unbranched alkanes of at least 4 members (excludes halogenated alkanes) is 7. The van der Waals surface area contributed by atoms with Gasteiger partial charge < -0.3 is 14.8 Å². The monoisotopic (exact) mass is 392 g/mol. The largest absolute Gasteiger partial charge is 0.507 e. The standard InChI is InChI=1S/C25H32N2O2/c1-2-3-4-5-6-7-8-13-18-27-19-22(20-14-9-11-16-23(20)28)26-25(27)21-15-10-12-17-24(21)29/h9-12,14-17,19,28-29H,2-8,13,18H2,1H3. The van der Waals surface area contributed by atoms with Gasteiger partial charge in [0.1, 0.15) is 17.3 Å². The second-order valence-electron chi connectivity index (χ2n) is 7.65. The fourth-order valence-corrected chi connectivity index (χ4v) is 3.70. The van der Waals surface area contributed by atoms with Gasteiger partial charge in [0.05, 0.1) is 11.3 Å². The van der Waals surface area contributed by atoms with Crippen LogP contribution in [0.3, 0.4) is 0 Å². The minimum atomic E-state index is 0.216. The average molecular weight is 393 g/mol. The summed E-state index contributed by atoms with van der Waals surface area (Å²) in [6.45, 7) is 3.09. The molecule has 154 valence electrons. The summed E-state index contributed by atoms with van der Waals surface area (Å²) < 4.78 is 2.11. The van der Waals surface area contributed by atoms with Gasteiger partial charge in [-0.25, -0.2) is 4.98 Å². The number of aromatic hydroxyl groups is 2. The minimum absolute atomic E-state index is 0.216. The molecular weight excluding hydrogens is 360 g/mol. The van der Waals surface area contributed by atoms with Crippen molar-refractivity contribution in [1.29, 1.82) is 0 Å². The van der Waals surface area contributed by atoms with Gasteiger partial charge >= 0.3 is 0 Å². The Kier molecular flexibility index (Phi) is 7.74. The van der Waals surface area contributed by atoms with E-state index in [0.717, 1.165) is 24.5 Å². The number of para-hydroxylation sites is 2. The molecule has 2 aromatic carbocycles. The number of nitrogens with zero attached hydrogens (tertiary/aromatic N) is 2. The number of phenolic OH excluding ortho intramolecular Hbond substituents is 2. The molecule has 0 aliphatic rings. The number of aryl methyl sites for hydroxylation is 1. The van der Waals surface area contributed by atoms with Crippen molar-refractivity contribution in [1.82, 2.24) is 9.55 Å². The number of imidazole rings is 1. The SMILES string of the molecule is CCCCCCCCCCn1cc(-c2ccccc2O)nc1-c1ccccc1O. The third-order valence-electron chi connectivity index (χ3n) is 5.35. The van der Waals surface area contributed by atoms with Crippen molar-refractivity contribution in [2.75, 3.05) is 0 Å². The van der Waals surface area contributed by atoms with Gasteiger partial charge in [-0.05, 0) is 30.7 Å². The van der Waals surface area contributed by atoms with Gasteiger partial charge in [-0.15, -0.1) is 0 Å². The van der Waals surface area contributed by atoms with E-state index in [2.05, 4.69) is 11.5 Å². The van der Waals surface area contributed by atoms with Crippen molar-refractivity contribution in [2.24, 2.45) is 0 Å². The highest BCUT2D eigenvalue weighted by Gasteiger charge is 2.16. The zero-order chi connectivity index (χ0) is 20.5. The maximum atomic E-state index is 10.3. The molecule has 0 aliphatic heterocycles. The lowest BCUT2D eigenvalue weighted by atomic mass is 10.1. The predicted molar refractivity (Wildman–Crippen MR) is 119 cm³/mol. The van der Waals surface area contributed by atoms with E-state index in [-0.39, 0.29) is 11.5 Å². The first-order valence-electron chi connectivity index (χ1n) is 10.8. The number of hydrogen-bond donors (Lipinski definition) is 2. The summed E-state index contributed by atoms with van der Waals surface area (Å²) in [5, 5.41) is 20.6. The molecule has 0 unspecified atom stereocenters. The third-order valence-corrected chi connectivity index (χ3v) is 5.35. The first kappa shape index (κ1) is 21.0. The van der Waals surface area contributed by atoms with Crippen LogP contribution in [-0.4, -0.2) is 19.8 Å². The van der Waals surface area contributed by atoms with E-state index < -0.39 is 0 Å². The van der Waals surface area contributed by atoms with Crippen LogP contribution in [0.2, 0.25) is 0 Å². The van der Waals surface area contributed by atoms with E-state index in [0.29, 0.717) is 11.1 Å². The number of rotatable bonds is 11. The van der Waals surface area contributed by atoms with Gasteiger partial charge in [0, 0.05) is 18.3 Å². The van der Waals surface area contributed by atoms with Crippen molar-refractivity contribution in [3.05, 3.63) is 54.7 Å². The molecule has 1 heterocycles. The molecule has 0 atom stereocenters. The molecule has 0 bridgehead atoms. The van der Waals surface area contributed by atoms with Gasteiger partial charge in [-0.2, -0.15) is 0 Å². The highest BCUT2D eigenvalue weighted by Crippen LogP contribution is 2.33. The Morgan fingerprint density at radius 2 is 1.28 bits per heavy atom. The van der Waals surface area contributed by atoms with Crippen LogP contribution in [0.15, 0.2) is 54.7 Å². The molecule has 29 heavy (non-hydrogen) atoms. The van der Waals surface area contributed by atoms with Crippen LogP contribution in [0.25, 0.3) is 22.6 Å². The Bertz CT molecular complexity index is 901. The lowest BCUT2D eigenvalue weighted by molar-refractivity contribution is 0.476. The Labute approximate surface area is 173 Å². The molecule has 1 aromatic heterocycles. The minimum Gasteiger partial charge on any atom is -0.507 e. The van der Waals surface area contributed by atoms with Crippen LogP contribution in [0.5, 0.6) is 11.5 Å². The third kappa shape index (κ3) is 5.63. The molecule has 0 fully saturated rings. The van der Waals surface area contributed by atoms with Crippen molar-refractivity contribution in [3.63, 3.8) is 0 Å². The average Bonchev–Trinajstić information content (AvgIpc) is 3.14. The summed E-state index contributed by atoms with van der Waals surface area (Å²) in [5.41, 5.74) is 2.15. The highest BCUT2D eigenvalue weighted by molar-refractivity contribution is 5.71. The summed E-state index contributed by atoms with van der Waals surface area (Å²) in [4.78, 5) is 4.76.